The molecule has 2 atom stereocenters. The summed E-state index contributed by atoms with van der Waals surface area (Å²) in [4.78, 5) is 18.6. The predicted molar refractivity (Wildman–Crippen MR) is 128 cm³/mol. The largest absolute Gasteiger partial charge is 0.491 e. The molecule has 1 amide bonds. The van der Waals surface area contributed by atoms with Gasteiger partial charge in [-0.1, -0.05) is 6.92 Å². The molecule has 0 spiro atoms. The van der Waals surface area contributed by atoms with Gasteiger partial charge in [0.1, 0.15) is 18.2 Å². The molecule has 1 N–H and O–H groups in total. The first-order valence-corrected chi connectivity index (χ1v) is 12.5. The number of thiophene rings is 1. The number of carbonyl (C=O) groups is 1. The number of halogens is 1. The van der Waals surface area contributed by atoms with E-state index in [0.29, 0.717) is 25.4 Å². The molecule has 0 saturated heterocycles. The highest BCUT2D eigenvalue weighted by atomic mass is 32.1. The minimum absolute atomic E-state index is 0.0185. The van der Waals surface area contributed by atoms with Crippen LogP contribution in [0.5, 0.6) is 5.75 Å². The van der Waals surface area contributed by atoms with Crippen LogP contribution in [0.1, 0.15) is 43.7 Å². The Hall–Kier alpha value is -2.00. The molecule has 1 aromatic carbocycles. The summed E-state index contributed by atoms with van der Waals surface area (Å²) in [5.74, 6) is 0.283. The zero-order valence-corrected chi connectivity index (χ0v) is 20.5. The first kappa shape index (κ1) is 25.6. The van der Waals surface area contributed by atoms with Crippen LogP contribution < -0.4 is 4.74 Å². The molecular formula is C25H35FN2O4S. The van der Waals surface area contributed by atoms with E-state index in [-0.39, 0.29) is 37.0 Å². The molecule has 2 aromatic rings. The highest BCUT2D eigenvalue weighted by molar-refractivity contribution is 7.10. The minimum Gasteiger partial charge on any atom is -0.491 e. The van der Waals surface area contributed by atoms with Crippen molar-refractivity contribution in [1.29, 1.82) is 0 Å². The molecule has 2 unspecified atom stereocenters. The van der Waals surface area contributed by atoms with E-state index in [1.807, 2.05) is 23.6 Å². The molecule has 1 aliphatic rings. The molecule has 8 heteroatoms. The first-order valence-electron chi connectivity index (χ1n) is 11.6. The van der Waals surface area contributed by atoms with Gasteiger partial charge in [-0.15, -0.1) is 11.3 Å². The Labute approximate surface area is 199 Å². The van der Waals surface area contributed by atoms with Gasteiger partial charge >= 0.3 is 0 Å². The summed E-state index contributed by atoms with van der Waals surface area (Å²) in [5, 5.41) is 12.4. The molecule has 0 fully saturated rings. The average Bonchev–Trinajstić information content (AvgIpc) is 3.26. The molecule has 0 aliphatic carbocycles. The lowest BCUT2D eigenvalue weighted by Crippen LogP contribution is -2.48. The van der Waals surface area contributed by atoms with Crippen molar-refractivity contribution in [3.8, 4) is 5.75 Å². The van der Waals surface area contributed by atoms with Crippen LogP contribution in [-0.2, 0) is 16.0 Å². The van der Waals surface area contributed by atoms with Crippen LogP contribution in [0.3, 0.4) is 0 Å². The predicted octanol–water partition coefficient (Wildman–Crippen LogP) is 3.89. The maximum Gasteiger partial charge on any atom is 0.237 e. The summed E-state index contributed by atoms with van der Waals surface area (Å²) >= 11 is 1.70. The van der Waals surface area contributed by atoms with Gasteiger partial charge in [0.2, 0.25) is 5.91 Å². The Morgan fingerprint density at radius 1 is 1.30 bits per heavy atom. The van der Waals surface area contributed by atoms with Crippen LogP contribution in [0.4, 0.5) is 4.39 Å². The van der Waals surface area contributed by atoms with Crippen LogP contribution >= 0.6 is 11.3 Å². The number of benzene rings is 1. The lowest BCUT2D eigenvalue weighted by molar-refractivity contribution is -0.136. The number of aliphatic hydroxyl groups is 1. The molecule has 182 valence electrons. The van der Waals surface area contributed by atoms with Crippen molar-refractivity contribution < 1.29 is 23.8 Å². The lowest BCUT2D eigenvalue weighted by atomic mass is 10.0. The molecule has 6 nitrogen and oxygen atoms in total. The van der Waals surface area contributed by atoms with Crippen molar-refractivity contribution >= 4 is 17.2 Å². The Kier molecular flexibility index (Phi) is 9.67. The van der Waals surface area contributed by atoms with E-state index >= 15 is 0 Å². The summed E-state index contributed by atoms with van der Waals surface area (Å²) in [6.07, 6.45) is 1.12. The zero-order valence-electron chi connectivity index (χ0n) is 19.7. The van der Waals surface area contributed by atoms with E-state index in [9.17, 15) is 14.3 Å². The third-order valence-corrected chi connectivity index (χ3v) is 6.62. The Morgan fingerprint density at radius 2 is 2.06 bits per heavy atom. The highest BCUT2D eigenvalue weighted by Gasteiger charge is 2.33. The van der Waals surface area contributed by atoms with Gasteiger partial charge in [-0.2, -0.15) is 0 Å². The average molecular weight is 479 g/mol. The number of ether oxygens (including phenoxy) is 2. The number of amides is 1. The molecular weight excluding hydrogens is 443 g/mol. The summed E-state index contributed by atoms with van der Waals surface area (Å²) in [6, 6.07) is 7.80. The Bertz CT molecular complexity index is 874. The van der Waals surface area contributed by atoms with Crippen LogP contribution in [0, 0.1) is 5.82 Å². The summed E-state index contributed by atoms with van der Waals surface area (Å²) in [6.45, 7) is 8.46. The molecule has 0 saturated carbocycles. The third kappa shape index (κ3) is 7.50. The monoisotopic (exact) mass is 478 g/mol. The van der Waals surface area contributed by atoms with Gasteiger partial charge in [0.05, 0.1) is 31.4 Å². The molecule has 0 bridgehead atoms. The molecule has 3 rings (SSSR count). The summed E-state index contributed by atoms with van der Waals surface area (Å²) < 4.78 is 24.7. The van der Waals surface area contributed by atoms with Crippen LogP contribution in [-0.4, -0.2) is 72.4 Å². The number of hydrogen-bond acceptors (Lipinski definition) is 6. The highest BCUT2D eigenvalue weighted by Crippen LogP contribution is 2.34. The number of hydrogen-bond donors (Lipinski definition) is 1. The molecule has 2 heterocycles. The second-order valence-corrected chi connectivity index (χ2v) is 9.69. The smallest absolute Gasteiger partial charge is 0.237 e. The summed E-state index contributed by atoms with van der Waals surface area (Å²) in [7, 11) is 0. The van der Waals surface area contributed by atoms with E-state index in [1.54, 1.807) is 23.5 Å². The zero-order chi connectivity index (χ0) is 23.8. The number of nitrogens with zero attached hydrogens (tertiary/aromatic N) is 2. The molecule has 0 radical (unpaired) electrons. The van der Waals surface area contributed by atoms with E-state index in [0.717, 1.165) is 24.9 Å². The fourth-order valence-corrected chi connectivity index (χ4v) is 5.00. The number of rotatable bonds is 12. The van der Waals surface area contributed by atoms with Crippen molar-refractivity contribution in [2.75, 3.05) is 39.4 Å². The van der Waals surface area contributed by atoms with Crippen molar-refractivity contribution in [3.05, 3.63) is 52.0 Å². The third-order valence-electron chi connectivity index (χ3n) is 5.63. The number of carbonyl (C=O) groups excluding carboxylic acids is 1. The van der Waals surface area contributed by atoms with Gasteiger partial charge in [0.25, 0.3) is 0 Å². The van der Waals surface area contributed by atoms with Gasteiger partial charge in [0.15, 0.2) is 0 Å². The van der Waals surface area contributed by atoms with Crippen molar-refractivity contribution in [2.45, 2.75) is 51.9 Å². The second kappa shape index (κ2) is 12.5. The minimum atomic E-state index is -0.644. The SMILES string of the molecule is CCCN(CC(=O)N1CCc2sccc2C1COc1ccc(F)cc1)CC(O)COC(C)C. The number of aliphatic hydroxyl groups excluding tert-OH is 1. The molecule has 33 heavy (non-hydrogen) atoms. The second-order valence-electron chi connectivity index (χ2n) is 8.69. The molecule has 1 aliphatic heterocycles. The van der Waals surface area contributed by atoms with Gasteiger partial charge in [-0.05, 0) is 74.5 Å². The van der Waals surface area contributed by atoms with Crippen LogP contribution in [0.2, 0.25) is 0 Å². The van der Waals surface area contributed by atoms with Gasteiger partial charge in [0, 0.05) is 18.0 Å². The van der Waals surface area contributed by atoms with Crippen LogP contribution in [0.15, 0.2) is 35.7 Å². The first-order chi connectivity index (χ1) is 15.9. The van der Waals surface area contributed by atoms with E-state index < -0.39 is 6.10 Å². The van der Waals surface area contributed by atoms with Gasteiger partial charge in [-0.25, -0.2) is 4.39 Å². The normalized spacial score (nSPS) is 16.8. The van der Waals surface area contributed by atoms with E-state index in [1.165, 1.54) is 17.0 Å². The topological polar surface area (TPSA) is 62.2 Å². The van der Waals surface area contributed by atoms with Crippen LogP contribution in [0.25, 0.3) is 0 Å². The van der Waals surface area contributed by atoms with Crippen molar-refractivity contribution in [2.24, 2.45) is 0 Å². The fraction of sp³-hybridized carbons (Fsp3) is 0.560. The van der Waals surface area contributed by atoms with Crippen molar-refractivity contribution in [3.63, 3.8) is 0 Å². The number of fused-ring (bicyclic) bond motifs is 1. The summed E-state index contributed by atoms with van der Waals surface area (Å²) in [5.41, 5.74) is 1.12. The van der Waals surface area contributed by atoms with Gasteiger partial charge in [-0.3, -0.25) is 9.69 Å². The fourth-order valence-electron chi connectivity index (χ4n) is 4.07. The van der Waals surface area contributed by atoms with E-state index in [4.69, 9.17) is 9.47 Å². The van der Waals surface area contributed by atoms with E-state index in [2.05, 4.69) is 18.4 Å². The Balaban J connectivity index is 1.67. The lowest BCUT2D eigenvalue weighted by Gasteiger charge is -2.37. The standard InChI is InChI=1S/C25H35FN2O4S/c1-4-11-27(14-20(29)16-31-18(2)3)15-25(30)28-12-9-24-22(10-13-33-24)23(28)17-32-21-7-5-19(26)6-8-21/h5-8,10,13,18,20,23,29H,4,9,11-12,14-17H2,1-3H3. The van der Waals surface area contributed by atoms with Gasteiger partial charge < -0.3 is 19.5 Å². The molecule has 1 aromatic heterocycles. The Morgan fingerprint density at radius 3 is 2.76 bits per heavy atom. The quantitative estimate of drug-likeness (QED) is 0.502. The maximum absolute atomic E-state index is 13.4. The maximum atomic E-state index is 13.4. The van der Waals surface area contributed by atoms with Crippen molar-refractivity contribution in [1.82, 2.24) is 9.80 Å².